The van der Waals surface area contributed by atoms with Gasteiger partial charge in [0.2, 0.25) is 0 Å². The SMILES string of the molecule is CCN1CCN(C(C(N)=S)c2cnc[nH]2)CC1. The summed E-state index contributed by atoms with van der Waals surface area (Å²) >= 11 is 5.18. The Labute approximate surface area is 107 Å². The Morgan fingerprint density at radius 2 is 2.24 bits per heavy atom. The van der Waals surface area contributed by atoms with Crippen LogP contribution in [0.15, 0.2) is 12.5 Å². The maximum atomic E-state index is 5.85. The number of nitrogens with one attached hydrogen (secondary N) is 1. The molecule has 6 heteroatoms. The number of aromatic nitrogens is 2. The largest absolute Gasteiger partial charge is 0.392 e. The third-order valence-corrected chi connectivity index (χ3v) is 3.53. The number of thiocarbonyl (C=S) groups is 1. The second-order valence-corrected chi connectivity index (χ2v) is 4.75. The van der Waals surface area contributed by atoms with Crippen LogP contribution in [0.4, 0.5) is 0 Å². The highest BCUT2D eigenvalue weighted by molar-refractivity contribution is 7.80. The molecule has 17 heavy (non-hydrogen) atoms. The first-order valence-corrected chi connectivity index (χ1v) is 6.37. The normalized spacial score (nSPS) is 20.3. The molecule has 0 aromatic carbocycles. The predicted octanol–water partition coefficient (Wildman–Crippen LogP) is 0.374. The van der Waals surface area contributed by atoms with Gasteiger partial charge in [-0.15, -0.1) is 0 Å². The molecule has 3 N–H and O–H groups in total. The second-order valence-electron chi connectivity index (χ2n) is 4.28. The number of piperazine rings is 1. The van der Waals surface area contributed by atoms with Crippen molar-refractivity contribution in [2.24, 2.45) is 5.73 Å². The average Bonchev–Trinajstić information content (AvgIpc) is 2.83. The Kier molecular flexibility index (Phi) is 4.09. The highest BCUT2D eigenvalue weighted by atomic mass is 32.1. The van der Waals surface area contributed by atoms with E-state index in [1.807, 2.05) is 0 Å². The third kappa shape index (κ3) is 2.83. The van der Waals surface area contributed by atoms with Crippen LogP contribution in [0.1, 0.15) is 18.7 Å². The zero-order valence-electron chi connectivity index (χ0n) is 10.1. The van der Waals surface area contributed by atoms with Crippen LogP contribution >= 0.6 is 12.2 Å². The van der Waals surface area contributed by atoms with Crippen molar-refractivity contribution in [3.8, 4) is 0 Å². The summed E-state index contributed by atoms with van der Waals surface area (Å²) in [5, 5.41) is 0. The minimum atomic E-state index is -0.00786. The summed E-state index contributed by atoms with van der Waals surface area (Å²) in [6, 6.07) is -0.00786. The number of aromatic amines is 1. The number of hydrogen-bond donors (Lipinski definition) is 2. The van der Waals surface area contributed by atoms with Gasteiger partial charge in [-0.25, -0.2) is 4.98 Å². The van der Waals surface area contributed by atoms with Crippen molar-refractivity contribution < 1.29 is 0 Å². The van der Waals surface area contributed by atoms with Crippen LogP contribution in [-0.2, 0) is 0 Å². The molecule has 0 aliphatic carbocycles. The summed E-state index contributed by atoms with van der Waals surface area (Å²) in [4.78, 5) is 12.4. The van der Waals surface area contributed by atoms with Gasteiger partial charge in [-0.1, -0.05) is 19.1 Å². The van der Waals surface area contributed by atoms with E-state index in [0.717, 1.165) is 38.4 Å². The summed E-state index contributed by atoms with van der Waals surface area (Å²) in [5.41, 5.74) is 6.84. The maximum absolute atomic E-state index is 5.85. The zero-order valence-corrected chi connectivity index (χ0v) is 10.9. The molecule has 1 unspecified atom stereocenters. The molecular formula is C11H19N5S. The molecule has 2 heterocycles. The van der Waals surface area contributed by atoms with Gasteiger partial charge in [0.15, 0.2) is 0 Å². The lowest BCUT2D eigenvalue weighted by atomic mass is 10.1. The van der Waals surface area contributed by atoms with E-state index in [9.17, 15) is 0 Å². The highest BCUT2D eigenvalue weighted by Crippen LogP contribution is 2.20. The van der Waals surface area contributed by atoms with Gasteiger partial charge in [-0.2, -0.15) is 0 Å². The maximum Gasteiger partial charge on any atom is 0.102 e. The number of nitrogens with zero attached hydrogens (tertiary/aromatic N) is 3. The quantitative estimate of drug-likeness (QED) is 0.759. The van der Waals surface area contributed by atoms with Gasteiger partial charge < -0.3 is 15.6 Å². The lowest BCUT2D eigenvalue weighted by Gasteiger charge is -2.38. The Morgan fingerprint density at radius 1 is 1.53 bits per heavy atom. The van der Waals surface area contributed by atoms with Crippen LogP contribution in [-0.4, -0.2) is 57.5 Å². The van der Waals surface area contributed by atoms with Gasteiger partial charge in [0.1, 0.15) is 6.04 Å². The lowest BCUT2D eigenvalue weighted by molar-refractivity contribution is 0.121. The second kappa shape index (κ2) is 5.57. The van der Waals surface area contributed by atoms with Gasteiger partial charge in [0.05, 0.1) is 17.0 Å². The van der Waals surface area contributed by atoms with Crippen molar-refractivity contribution >= 4 is 17.2 Å². The molecule has 1 aliphatic heterocycles. The molecule has 1 fully saturated rings. The summed E-state index contributed by atoms with van der Waals surface area (Å²) in [7, 11) is 0. The molecule has 1 aromatic rings. The Bertz CT molecular complexity index is 356. The summed E-state index contributed by atoms with van der Waals surface area (Å²) in [6.45, 7) is 7.43. The van der Waals surface area contributed by atoms with Gasteiger partial charge in [0.25, 0.3) is 0 Å². The van der Waals surface area contributed by atoms with Crippen LogP contribution < -0.4 is 5.73 Å². The standard InChI is InChI=1S/C11H19N5S/c1-2-15-3-5-16(6-4-15)10(11(12)17)9-7-13-8-14-9/h7-8,10H,2-6H2,1H3,(H2,12,17)(H,13,14). The van der Waals surface area contributed by atoms with Crippen molar-refractivity contribution in [2.45, 2.75) is 13.0 Å². The number of imidazole rings is 1. The van der Waals surface area contributed by atoms with E-state index in [1.165, 1.54) is 0 Å². The van der Waals surface area contributed by atoms with E-state index in [1.54, 1.807) is 12.5 Å². The summed E-state index contributed by atoms with van der Waals surface area (Å²) in [6.07, 6.45) is 3.47. The van der Waals surface area contributed by atoms with Crippen molar-refractivity contribution in [3.05, 3.63) is 18.2 Å². The van der Waals surface area contributed by atoms with Crippen molar-refractivity contribution in [3.63, 3.8) is 0 Å². The molecule has 0 bridgehead atoms. The number of rotatable bonds is 4. The smallest absolute Gasteiger partial charge is 0.102 e. The molecule has 0 radical (unpaired) electrons. The molecule has 94 valence electrons. The topological polar surface area (TPSA) is 61.2 Å². The minimum absolute atomic E-state index is 0.00786. The fourth-order valence-corrected chi connectivity index (χ4v) is 2.56. The van der Waals surface area contributed by atoms with Crippen LogP contribution in [0.25, 0.3) is 0 Å². The Morgan fingerprint density at radius 3 is 2.71 bits per heavy atom. The molecule has 0 saturated carbocycles. The first-order valence-electron chi connectivity index (χ1n) is 5.96. The van der Waals surface area contributed by atoms with Crippen molar-refractivity contribution in [2.75, 3.05) is 32.7 Å². The summed E-state index contributed by atoms with van der Waals surface area (Å²) in [5.74, 6) is 0. The van der Waals surface area contributed by atoms with E-state index in [0.29, 0.717) is 4.99 Å². The molecule has 0 amide bonds. The number of nitrogens with two attached hydrogens (primary N) is 1. The molecule has 1 saturated heterocycles. The predicted molar refractivity (Wildman–Crippen MR) is 71.8 cm³/mol. The first kappa shape index (κ1) is 12.5. The molecule has 0 spiro atoms. The van der Waals surface area contributed by atoms with E-state index in [-0.39, 0.29) is 6.04 Å². The first-order chi connectivity index (χ1) is 8.22. The van der Waals surface area contributed by atoms with E-state index >= 15 is 0 Å². The molecule has 1 aromatic heterocycles. The summed E-state index contributed by atoms with van der Waals surface area (Å²) < 4.78 is 0. The molecule has 2 rings (SSSR count). The zero-order chi connectivity index (χ0) is 12.3. The van der Waals surface area contributed by atoms with E-state index in [4.69, 9.17) is 18.0 Å². The van der Waals surface area contributed by atoms with Crippen LogP contribution in [0.2, 0.25) is 0 Å². The fourth-order valence-electron chi connectivity index (χ4n) is 2.28. The molecular weight excluding hydrogens is 234 g/mol. The van der Waals surface area contributed by atoms with Crippen molar-refractivity contribution in [1.82, 2.24) is 19.8 Å². The fraction of sp³-hybridized carbons (Fsp3) is 0.636. The van der Waals surface area contributed by atoms with Crippen LogP contribution in [0, 0.1) is 0 Å². The van der Waals surface area contributed by atoms with Crippen LogP contribution in [0.3, 0.4) is 0 Å². The number of hydrogen-bond acceptors (Lipinski definition) is 4. The Balaban J connectivity index is 2.06. The van der Waals surface area contributed by atoms with Crippen molar-refractivity contribution in [1.29, 1.82) is 0 Å². The van der Waals surface area contributed by atoms with Crippen LogP contribution in [0.5, 0.6) is 0 Å². The monoisotopic (exact) mass is 253 g/mol. The molecule has 5 nitrogen and oxygen atoms in total. The van der Waals surface area contributed by atoms with E-state index < -0.39 is 0 Å². The van der Waals surface area contributed by atoms with E-state index in [2.05, 4.69) is 26.7 Å². The minimum Gasteiger partial charge on any atom is -0.392 e. The Hall–Kier alpha value is -0.980. The average molecular weight is 253 g/mol. The van der Waals surface area contributed by atoms with Gasteiger partial charge in [-0.3, -0.25) is 4.90 Å². The molecule has 1 aliphatic rings. The number of H-pyrrole nitrogens is 1. The number of likely N-dealkylation sites (N-methyl/N-ethyl adjacent to an activating group) is 1. The van der Waals surface area contributed by atoms with Gasteiger partial charge in [0, 0.05) is 32.4 Å². The highest BCUT2D eigenvalue weighted by Gasteiger charge is 2.27. The lowest BCUT2D eigenvalue weighted by Crippen LogP contribution is -2.49. The third-order valence-electron chi connectivity index (χ3n) is 3.30. The molecule has 1 atom stereocenters. The van der Waals surface area contributed by atoms with Gasteiger partial charge in [-0.05, 0) is 6.54 Å². The van der Waals surface area contributed by atoms with Gasteiger partial charge >= 0.3 is 0 Å².